The Hall–Kier alpha value is -3.28. The summed E-state index contributed by atoms with van der Waals surface area (Å²) in [6.45, 7) is 3.24. The first-order chi connectivity index (χ1) is 12.8. The summed E-state index contributed by atoms with van der Waals surface area (Å²) in [4.78, 5) is 0. The molecule has 6 nitrogen and oxygen atoms in total. The second kappa shape index (κ2) is 6.22. The van der Waals surface area contributed by atoms with Crippen molar-refractivity contribution >= 4 is 0 Å². The van der Waals surface area contributed by atoms with E-state index in [1.807, 2.05) is 21.5 Å². The average Bonchev–Trinajstić information content (AvgIpc) is 3.26. The van der Waals surface area contributed by atoms with Gasteiger partial charge in [0.05, 0.1) is 10.4 Å². The largest absolute Gasteiger partial charge is 0.243 e. The van der Waals surface area contributed by atoms with Gasteiger partial charge in [0, 0.05) is 0 Å². The summed E-state index contributed by atoms with van der Waals surface area (Å²) in [6.07, 6.45) is 4.24. The molecular formula is C20H20N6+2. The fourth-order valence-corrected chi connectivity index (χ4v) is 3.45. The van der Waals surface area contributed by atoms with Crippen LogP contribution in [0.15, 0.2) is 73.1 Å². The summed E-state index contributed by atoms with van der Waals surface area (Å²) in [5.74, 6) is 0. The average molecular weight is 344 g/mol. The molecule has 0 fully saturated rings. The number of fused-ring (bicyclic) bond motifs is 3. The molecule has 0 amide bonds. The highest BCUT2D eigenvalue weighted by Gasteiger charge is 2.32. The van der Waals surface area contributed by atoms with Gasteiger partial charge in [-0.2, -0.15) is 0 Å². The van der Waals surface area contributed by atoms with Crippen LogP contribution >= 0.6 is 0 Å². The molecule has 2 aromatic heterocycles. The third-order valence-electron chi connectivity index (χ3n) is 4.71. The fourth-order valence-electron chi connectivity index (χ4n) is 3.45. The van der Waals surface area contributed by atoms with Crippen molar-refractivity contribution in [1.82, 2.24) is 19.8 Å². The molecule has 2 aromatic carbocycles. The number of aromatic nitrogens is 6. The van der Waals surface area contributed by atoms with Crippen LogP contribution in [0.5, 0.6) is 0 Å². The molecular weight excluding hydrogens is 324 g/mol. The van der Waals surface area contributed by atoms with Gasteiger partial charge in [-0.25, -0.2) is 0 Å². The molecule has 0 bridgehead atoms. The van der Waals surface area contributed by atoms with Gasteiger partial charge in [-0.1, -0.05) is 60.7 Å². The number of rotatable bonds is 4. The molecule has 0 saturated heterocycles. The van der Waals surface area contributed by atoms with Crippen molar-refractivity contribution in [3.63, 3.8) is 0 Å². The first-order valence-electron chi connectivity index (χ1n) is 8.88. The molecule has 0 saturated carbocycles. The van der Waals surface area contributed by atoms with Gasteiger partial charge in [0.2, 0.25) is 11.4 Å². The van der Waals surface area contributed by atoms with Gasteiger partial charge in [0.25, 0.3) is 0 Å². The monoisotopic (exact) mass is 344 g/mol. The van der Waals surface area contributed by atoms with Crippen LogP contribution in [0.2, 0.25) is 0 Å². The van der Waals surface area contributed by atoms with Crippen LogP contribution in [-0.4, -0.2) is 19.8 Å². The standard InChI is InChI=1S/C20H20N6/c1-3-7-17(8-4-1)13-23-15-19-20-16-24(14-18-9-5-2-6-10-18)22-26(20)12-11-25(19)21-23/h1-10,15-16H,11-14H2/q+2. The summed E-state index contributed by atoms with van der Waals surface area (Å²) in [7, 11) is 0. The van der Waals surface area contributed by atoms with E-state index in [4.69, 9.17) is 10.4 Å². The number of hydrogen-bond acceptors (Lipinski definition) is 2. The zero-order valence-corrected chi connectivity index (χ0v) is 14.4. The quantitative estimate of drug-likeness (QED) is 0.526. The highest BCUT2D eigenvalue weighted by atomic mass is 15.6. The summed E-state index contributed by atoms with van der Waals surface area (Å²) in [5, 5.41) is 9.44. The van der Waals surface area contributed by atoms with Crippen molar-refractivity contribution in [1.29, 1.82) is 0 Å². The molecule has 1 aliphatic heterocycles. The highest BCUT2D eigenvalue weighted by Crippen LogP contribution is 2.20. The van der Waals surface area contributed by atoms with E-state index in [1.165, 1.54) is 11.1 Å². The van der Waals surface area contributed by atoms with E-state index in [1.54, 1.807) is 0 Å². The normalized spacial score (nSPS) is 12.6. The molecule has 0 aliphatic carbocycles. The van der Waals surface area contributed by atoms with E-state index in [0.717, 1.165) is 37.6 Å². The summed E-state index contributed by atoms with van der Waals surface area (Å²) in [6, 6.07) is 20.8. The minimum Gasteiger partial charge on any atom is -0.132 e. The Balaban J connectivity index is 1.44. The lowest BCUT2D eigenvalue weighted by Crippen LogP contribution is -2.37. The van der Waals surface area contributed by atoms with Crippen LogP contribution in [-0.2, 0) is 26.2 Å². The van der Waals surface area contributed by atoms with Gasteiger partial charge in [-0.15, -0.1) is 18.7 Å². The topological polar surface area (TPSA) is 43.4 Å². The van der Waals surface area contributed by atoms with Crippen LogP contribution < -0.4 is 9.36 Å². The third kappa shape index (κ3) is 2.79. The summed E-state index contributed by atoms with van der Waals surface area (Å²) in [5.41, 5.74) is 4.74. The third-order valence-corrected chi connectivity index (χ3v) is 4.71. The number of hydrogen-bond donors (Lipinski definition) is 0. The van der Waals surface area contributed by atoms with Crippen molar-refractivity contribution in [2.45, 2.75) is 26.2 Å². The molecule has 1 aliphatic rings. The second-order valence-corrected chi connectivity index (χ2v) is 6.62. The lowest BCUT2D eigenvalue weighted by atomic mass is 10.2. The SMILES string of the molecule is c1ccc(C[n+]2cc3n(n2)CCn2n[n+](Cc4ccccc4)cc2-3)cc1. The molecule has 0 N–H and O–H groups in total. The van der Waals surface area contributed by atoms with Gasteiger partial charge in [-0.05, 0) is 11.1 Å². The maximum Gasteiger partial charge on any atom is 0.243 e. The van der Waals surface area contributed by atoms with E-state index in [9.17, 15) is 0 Å². The number of aryl methyl sites for hydroxylation is 2. The van der Waals surface area contributed by atoms with Crippen LogP contribution in [0, 0.1) is 0 Å². The molecule has 26 heavy (non-hydrogen) atoms. The second-order valence-electron chi connectivity index (χ2n) is 6.62. The zero-order chi connectivity index (χ0) is 17.3. The number of nitrogens with zero attached hydrogens (tertiary/aromatic N) is 6. The molecule has 0 atom stereocenters. The van der Waals surface area contributed by atoms with Crippen LogP contribution in [0.1, 0.15) is 11.1 Å². The Morgan fingerprint density at radius 1 is 0.654 bits per heavy atom. The zero-order valence-electron chi connectivity index (χ0n) is 14.4. The molecule has 0 radical (unpaired) electrons. The van der Waals surface area contributed by atoms with Crippen LogP contribution in [0.4, 0.5) is 0 Å². The van der Waals surface area contributed by atoms with Crippen molar-refractivity contribution in [2.24, 2.45) is 0 Å². The minimum atomic E-state index is 0.777. The maximum absolute atomic E-state index is 4.72. The van der Waals surface area contributed by atoms with E-state index in [-0.39, 0.29) is 0 Å². The van der Waals surface area contributed by atoms with Crippen molar-refractivity contribution in [3.05, 3.63) is 84.2 Å². The number of benzene rings is 2. The van der Waals surface area contributed by atoms with Gasteiger partial charge < -0.3 is 0 Å². The predicted molar refractivity (Wildman–Crippen MR) is 94.9 cm³/mol. The Morgan fingerprint density at radius 3 is 1.50 bits per heavy atom. The lowest BCUT2D eigenvalue weighted by Gasteiger charge is -2.01. The Labute approximate surface area is 151 Å². The fraction of sp³-hybridized carbons (Fsp3) is 0.200. The van der Waals surface area contributed by atoms with Gasteiger partial charge in [-0.3, -0.25) is 0 Å². The Bertz CT molecular complexity index is 947. The summed E-state index contributed by atoms with van der Waals surface area (Å²) >= 11 is 0. The van der Waals surface area contributed by atoms with E-state index in [2.05, 4.69) is 70.3 Å². The summed E-state index contributed by atoms with van der Waals surface area (Å²) < 4.78 is 8.17. The van der Waals surface area contributed by atoms with Crippen LogP contribution in [0.25, 0.3) is 11.4 Å². The Morgan fingerprint density at radius 2 is 1.08 bits per heavy atom. The van der Waals surface area contributed by atoms with Gasteiger partial charge in [0.1, 0.15) is 13.1 Å². The van der Waals surface area contributed by atoms with Crippen molar-refractivity contribution < 1.29 is 9.36 Å². The first-order valence-corrected chi connectivity index (χ1v) is 8.88. The van der Waals surface area contributed by atoms with Crippen LogP contribution in [0.3, 0.4) is 0 Å². The minimum absolute atomic E-state index is 0.777. The van der Waals surface area contributed by atoms with Gasteiger partial charge in [0.15, 0.2) is 25.5 Å². The Kier molecular flexibility index (Phi) is 3.59. The molecule has 0 spiro atoms. The van der Waals surface area contributed by atoms with E-state index < -0.39 is 0 Å². The van der Waals surface area contributed by atoms with Crippen molar-refractivity contribution in [3.8, 4) is 11.4 Å². The predicted octanol–water partition coefficient (Wildman–Crippen LogP) is 1.43. The molecule has 3 heterocycles. The highest BCUT2D eigenvalue weighted by molar-refractivity contribution is 5.51. The van der Waals surface area contributed by atoms with E-state index in [0.29, 0.717) is 0 Å². The maximum atomic E-state index is 4.72. The molecule has 4 aromatic rings. The van der Waals surface area contributed by atoms with Crippen molar-refractivity contribution in [2.75, 3.05) is 0 Å². The van der Waals surface area contributed by atoms with Gasteiger partial charge >= 0.3 is 0 Å². The molecule has 5 rings (SSSR count). The molecule has 0 unspecified atom stereocenters. The molecule has 128 valence electrons. The first kappa shape index (κ1) is 15.0. The van der Waals surface area contributed by atoms with E-state index >= 15 is 0 Å². The molecule has 6 heteroatoms. The lowest BCUT2D eigenvalue weighted by molar-refractivity contribution is -0.748. The smallest absolute Gasteiger partial charge is 0.132 e.